The van der Waals surface area contributed by atoms with Gasteiger partial charge in [0.05, 0.1) is 6.54 Å². The fourth-order valence-corrected chi connectivity index (χ4v) is 2.35. The molecule has 10 heteroatoms. The first kappa shape index (κ1) is 12.2. The van der Waals surface area contributed by atoms with Crippen LogP contribution in [0.3, 0.4) is 0 Å². The molecule has 0 aliphatic carbocycles. The fourth-order valence-electron chi connectivity index (χ4n) is 2.20. The highest BCUT2D eigenvalue weighted by molar-refractivity contribution is 6.28. The van der Waals surface area contributed by atoms with Gasteiger partial charge in [-0.25, -0.2) is 4.98 Å². The number of anilines is 1. The number of nitrogens with zero attached hydrogens (tertiary/aromatic N) is 9. The third-order valence-electron chi connectivity index (χ3n) is 3.24. The predicted molar refractivity (Wildman–Crippen MR) is 73.0 cm³/mol. The van der Waals surface area contributed by atoms with Crippen LogP contribution < -0.4 is 4.90 Å². The Morgan fingerprint density at radius 3 is 2.81 bits per heavy atom. The number of imidazole rings is 1. The molecule has 4 rings (SSSR count). The summed E-state index contributed by atoms with van der Waals surface area (Å²) in [6, 6.07) is 0. The van der Waals surface area contributed by atoms with Crippen molar-refractivity contribution < 1.29 is 0 Å². The van der Waals surface area contributed by atoms with Gasteiger partial charge in [-0.05, 0) is 11.6 Å². The van der Waals surface area contributed by atoms with Crippen LogP contribution in [0.1, 0.15) is 5.82 Å². The number of halogens is 1. The van der Waals surface area contributed by atoms with Gasteiger partial charge in [0.1, 0.15) is 12.7 Å². The summed E-state index contributed by atoms with van der Waals surface area (Å²) in [4.78, 5) is 18.7. The maximum atomic E-state index is 6.01. The van der Waals surface area contributed by atoms with Crippen molar-refractivity contribution in [3.63, 3.8) is 0 Å². The van der Waals surface area contributed by atoms with Crippen molar-refractivity contribution in [1.82, 2.24) is 39.3 Å². The summed E-state index contributed by atoms with van der Waals surface area (Å²) >= 11 is 6.01. The first-order valence-corrected chi connectivity index (χ1v) is 6.69. The number of rotatable bonds is 2. The van der Waals surface area contributed by atoms with Gasteiger partial charge in [-0.3, -0.25) is 4.57 Å². The standard InChI is InChI=1S/C11H10ClN9/c12-9-15-10(17-11(16-9)21-2-1-13-6-21)19-3-4-20-7-14-18-8(20)5-19/h1-2,6-7H,3-5H2. The van der Waals surface area contributed by atoms with Gasteiger partial charge in [-0.2, -0.15) is 15.0 Å². The maximum absolute atomic E-state index is 6.01. The summed E-state index contributed by atoms with van der Waals surface area (Å²) < 4.78 is 3.69. The van der Waals surface area contributed by atoms with E-state index in [0.29, 0.717) is 18.4 Å². The molecule has 0 fully saturated rings. The minimum atomic E-state index is 0.149. The Bertz CT molecular complexity index is 766. The van der Waals surface area contributed by atoms with E-state index in [2.05, 4.69) is 30.1 Å². The van der Waals surface area contributed by atoms with E-state index in [9.17, 15) is 0 Å². The Labute approximate surface area is 124 Å². The number of hydrogen-bond donors (Lipinski definition) is 0. The Hall–Kier alpha value is -2.55. The lowest BCUT2D eigenvalue weighted by atomic mass is 10.4. The topological polar surface area (TPSA) is 90.4 Å². The third-order valence-corrected chi connectivity index (χ3v) is 3.41. The van der Waals surface area contributed by atoms with E-state index >= 15 is 0 Å². The Kier molecular flexibility index (Phi) is 2.78. The Morgan fingerprint density at radius 1 is 1.05 bits per heavy atom. The smallest absolute Gasteiger partial charge is 0.241 e. The third kappa shape index (κ3) is 2.21. The van der Waals surface area contributed by atoms with Gasteiger partial charge in [-0.1, -0.05) is 0 Å². The second-order valence-corrected chi connectivity index (χ2v) is 4.87. The van der Waals surface area contributed by atoms with Crippen LogP contribution in [0.25, 0.3) is 5.95 Å². The van der Waals surface area contributed by atoms with Crippen LogP contribution >= 0.6 is 11.6 Å². The molecule has 3 aromatic rings. The van der Waals surface area contributed by atoms with Crippen molar-refractivity contribution in [2.24, 2.45) is 0 Å². The number of hydrogen-bond acceptors (Lipinski definition) is 7. The molecule has 0 saturated carbocycles. The van der Waals surface area contributed by atoms with Crippen LogP contribution in [-0.4, -0.2) is 45.8 Å². The van der Waals surface area contributed by atoms with E-state index in [0.717, 1.165) is 18.9 Å². The van der Waals surface area contributed by atoms with Gasteiger partial charge >= 0.3 is 0 Å². The maximum Gasteiger partial charge on any atom is 0.241 e. The summed E-state index contributed by atoms with van der Waals surface area (Å²) in [6.45, 7) is 2.13. The molecule has 4 heterocycles. The predicted octanol–water partition coefficient (Wildman–Crippen LogP) is 0.322. The highest BCUT2D eigenvalue weighted by Gasteiger charge is 2.21. The van der Waals surface area contributed by atoms with Crippen molar-refractivity contribution in [1.29, 1.82) is 0 Å². The zero-order chi connectivity index (χ0) is 14.2. The largest absolute Gasteiger partial charge is 0.331 e. The van der Waals surface area contributed by atoms with E-state index in [1.165, 1.54) is 0 Å². The molecule has 106 valence electrons. The summed E-state index contributed by atoms with van der Waals surface area (Å²) in [7, 11) is 0. The lowest BCUT2D eigenvalue weighted by Crippen LogP contribution is -2.35. The molecule has 3 aromatic heterocycles. The molecule has 1 aliphatic rings. The monoisotopic (exact) mass is 303 g/mol. The Morgan fingerprint density at radius 2 is 1.95 bits per heavy atom. The van der Waals surface area contributed by atoms with Crippen LogP contribution in [-0.2, 0) is 13.1 Å². The fraction of sp³-hybridized carbons (Fsp3) is 0.273. The molecule has 0 N–H and O–H groups in total. The van der Waals surface area contributed by atoms with Crippen LogP contribution in [0.15, 0.2) is 25.0 Å². The average molecular weight is 304 g/mol. The molecule has 0 unspecified atom stereocenters. The minimum absolute atomic E-state index is 0.149. The molecular weight excluding hydrogens is 294 g/mol. The van der Waals surface area contributed by atoms with Crippen LogP contribution in [0.4, 0.5) is 5.95 Å². The Balaban J connectivity index is 1.70. The van der Waals surface area contributed by atoms with Crippen molar-refractivity contribution in [2.75, 3.05) is 11.4 Å². The van der Waals surface area contributed by atoms with Gasteiger partial charge in [0.25, 0.3) is 0 Å². The van der Waals surface area contributed by atoms with Gasteiger partial charge in [-0.15, -0.1) is 10.2 Å². The van der Waals surface area contributed by atoms with Crippen LogP contribution in [0.2, 0.25) is 5.28 Å². The van der Waals surface area contributed by atoms with E-state index in [-0.39, 0.29) is 5.28 Å². The lowest BCUT2D eigenvalue weighted by Gasteiger charge is -2.27. The van der Waals surface area contributed by atoms with Gasteiger partial charge < -0.3 is 9.47 Å². The average Bonchev–Trinajstić information content (AvgIpc) is 3.17. The van der Waals surface area contributed by atoms with Crippen molar-refractivity contribution in [3.8, 4) is 5.95 Å². The molecule has 0 radical (unpaired) electrons. The summed E-state index contributed by atoms with van der Waals surface area (Å²) in [6.07, 6.45) is 6.75. The van der Waals surface area contributed by atoms with E-state index in [1.807, 2.05) is 9.47 Å². The minimum Gasteiger partial charge on any atom is -0.331 e. The van der Waals surface area contributed by atoms with E-state index in [4.69, 9.17) is 11.6 Å². The molecular formula is C11H10ClN9. The molecule has 21 heavy (non-hydrogen) atoms. The molecule has 0 bridgehead atoms. The SMILES string of the molecule is Clc1nc(N2CCn3cnnc3C2)nc(-n2ccnc2)n1. The summed E-state index contributed by atoms with van der Waals surface area (Å²) in [5, 5.41) is 8.13. The summed E-state index contributed by atoms with van der Waals surface area (Å²) in [5.74, 6) is 1.84. The number of aromatic nitrogens is 8. The van der Waals surface area contributed by atoms with Crippen molar-refractivity contribution in [2.45, 2.75) is 13.1 Å². The van der Waals surface area contributed by atoms with Gasteiger partial charge in [0, 0.05) is 25.5 Å². The molecule has 0 atom stereocenters. The van der Waals surface area contributed by atoms with Crippen molar-refractivity contribution >= 4 is 17.5 Å². The van der Waals surface area contributed by atoms with Crippen LogP contribution in [0.5, 0.6) is 0 Å². The zero-order valence-electron chi connectivity index (χ0n) is 10.8. The highest BCUT2D eigenvalue weighted by atomic mass is 35.5. The highest BCUT2D eigenvalue weighted by Crippen LogP contribution is 2.18. The molecule has 0 spiro atoms. The summed E-state index contributed by atoms with van der Waals surface area (Å²) in [5.41, 5.74) is 0. The normalized spacial score (nSPS) is 14.2. The molecule has 0 amide bonds. The second kappa shape index (κ2) is 4.77. The van der Waals surface area contributed by atoms with Gasteiger partial charge in [0.15, 0.2) is 5.82 Å². The first-order valence-electron chi connectivity index (χ1n) is 6.31. The molecule has 0 saturated heterocycles. The van der Waals surface area contributed by atoms with E-state index < -0.39 is 0 Å². The lowest BCUT2D eigenvalue weighted by molar-refractivity contribution is 0.550. The van der Waals surface area contributed by atoms with Gasteiger partial charge in [0.2, 0.25) is 17.2 Å². The van der Waals surface area contributed by atoms with E-state index in [1.54, 1.807) is 29.6 Å². The van der Waals surface area contributed by atoms with Crippen LogP contribution in [0, 0.1) is 0 Å². The quantitative estimate of drug-likeness (QED) is 0.673. The number of fused-ring (bicyclic) bond motifs is 1. The molecule has 9 nitrogen and oxygen atoms in total. The molecule has 1 aliphatic heterocycles. The van der Waals surface area contributed by atoms with Crippen molar-refractivity contribution in [3.05, 3.63) is 36.2 Å². The zero-order valence-corrected chi connectivity index (χ0v) is 11.6. The molecule has 0 aromatic carbocycles. The first-order chi connectivity index (χ1) is 10.3. The second-order valence-electron chi connectivity index (χ2n) is 4.54.